The lowest BCUT2D eigenvalue weighted by Crippen LogP contribution is -2.26. The van der Waals surface area contributed by atoms with Crippen LogP contribution < -0.4 is 5.32 Å². The van der Waals surface area contributed by atoms with E-state index in [4.69, 9.17) is 31.0 Å². The Balaban J connectivity index is 1.99. The third-order valence-corrected chi connectivity index (χ3v) is 10.6. The van der Waals surface area contributed by atoms with Crippen LogP contribution >= 0.6 is 48.0 Å². The van der Waals surface area contributed by atoms with E-state index in [1.165, 1.54) is 23.5 Å². The number of thioether (sulfide) groups is 2. The van der Waals surface area contributed by atoms with Crippen LogP contribution in [0.1, 0.15) is 64.2 Å². The van der Waals surface area contributed by atoms with Gasteiger partial charge in [0.1, 0.15) is 17.7 Å². The maximum atomic E-state index is 9.86. The van der Waals surface area contributed by atoms with Crippen LogP contribution in [-0.4, -0.2) is 27.4 Å². The van der Waals surface area contributed by atoms with Gasteiger partial charge in [-0.1, -0.05) is 49.3 Å². The molecule has 42 heavy (non-hydrogen) atoms. The molecular formula is C31H31N7S4. The summed E-state index contributed by atoms with van der Waals surface area (Å²) in [5, 5.41) is 51.4. The summed E-state index contributed by atoms with van der Waals surface area (Å²) in [5.74, 6) is 0.0197. The molecule has 214 valence electrons. The predicted molar refractivity (Wildman–Crippen MR) is 176 cm³/mol. The molecule has 0 amide bonds. The summed E-state index contributed by atoms with van der Waals surface area (Å²) in [6.45, 7) is 8.04. The van der Waals surface area contributed by atoms with Gasteiger partial charge in [-0.15, -0.1) is 23.5 Å². The fraction of sp³-hybridized carbons (Fsp3) is 0.484. The van der Waals surface area contributed by atoms with Crippen molar-refractivity contribution in [2.75, 3.05) is 19.1 Å². The second-order valence-electron chi connectivity index (χ2n) is 9.88. The fourth-order valence-corrected chi connectivity index (χ4v) is 6.65. The van der Waals surface area contributed by atoms with Gasteiger partial charge >= 0.3 is 0 Å². The highest BCUT2D eigenvalue weighted by Crippen LogP contribution is 2.40. The Bertz CT molecular complexity index is 1330. The van der Waals surface area contributed by atoms with Gasteiger partial charge in [-0.05, 0) is 68.6 Å². The Morgan fingerprint density at radius 1 is 0.810 bits per heavy atom. The Hall–Kier alpha value is -3.42. The second kappa shape index (κ2) is 18.2. The molecule has 0 aromatic rings. The molecule has 2 unspecified atom stereocenters. The zero-order valence-electron chi connectivity index (χ0n) is 23.7. The molecule has 0 aliphatic heterocycles. The van der Waals surface area contributed by atoms with Crippen molar-refractivity contribution in [3.05, 3.63) is 56.2 Å². The van der Waals surface area contributed by atoms with Crippen LogP contribution in [0.25, 0.3) is 4.85 Å². The quantitative estimate of drug-likeness (QED) is 0.105. The molecule has 0 bridgehead atoms. The number of rotatable bonds is 11. The summed E-state index contributed by atoms with van der Waals surface area (Å²) in [7, 11) is 0. The highest BCUT2D eigenvalue weighted by molar-refractivity contribution is 8.23. The van der Waals surface area contributed by atoms with E-state index >= 15 is 0 Å². The number of allylic oxidation sites excluding steroid dienone is 8. The van der Waals surface area contributed by atoms with Crippen molar-refractivity contribution in [3.8, 4) is 30.3 Å². The normalized spacial score (nSPS) is 19.3. The molecule has 0 saturated carbocycles. The summed E-state index contributed by atoms with van der Waals surface area (Å²) in [6.07, 6.45) is 11.5. The zero-order chi connectivity index (χ0) is 31.1. The van der Waals surface area contributed by atoms with E-state index in [1.807, 2.05) is 30.7 Å². The van der Waals surface area contributed by atoms with Crippen molar-refractivity contribution < 1.29 is 0 Å². The number of unbranched alkanes of at least 4 members (excludes halogenated alkanes) is 4. The number of nitriles is 5. The van der Waals surface area contributed by atoms with Crippen LogP contribution in [0.5, 0.6) is 0 Å². The number of nitrogens with zero attached hydrogens (tertiary/aromatic N) is 6. The number of thiocarbonyl (C=S) groups is 2. The summed E-state index contributed by atoms with van der Waals surface area (Å²) >= 11 is 14.0. The minimum Gasteiger partial charge on any atom is -0.387 e. The molecular weight excluding hydrogens is 599 g/mol. The summed E-state index contributed by atoms with van der Waals surface area (Å²) < 4.78 is 1.64. The largest absolute Gasteiger partial charge is 0.387 e. The SMILES string of the molecule is [C-]#[N+]/C(C#N)=C1\CC(C(=S)SC)CC(NCCCCCCCC2=C(C#N)C(=C(C#N)C#N)CC(C(=S)SC)C2)=C1C#N. The monoisotopic (exact) mass is 629 g/mol. The van der Waals surface area contributed by atoms with Crippen LogP contribution in [-0.2, 0) is 0 Å². The Morgan fingerprint density at radius 2 is 1.38 bits per heavy atom. The van der Waals surface area contributed by atoms with Crippen LogP contribution in [0.3, 0.4) is 0 Å². The first-order chi connectivity index (χ1) is 20.3. The van der Waals surface area contributed by atoms with Crippen LogP contribution in [0.2, 0.25) is 0 Å². The number of nitrogens with one attached hydrogen (secondary N) is 1. The van der Waals surface area contributed by atoms with Gasteiger partial charge in [0.05, 0.1) is 44.3 Å². The smallest absolute Gasteiger partial charge is 0.266 e. The van der Waals surface area contributed by atoms with Crippen molar-refractivity contribution in [3.63, 3.8) is 0 Å². The molecule has 0 aromatic carbocycles. The van der Waals surface area contributed by atoms with Crippen molar-refractivity contribution in [2.24, 2.45) is 11.8 Å². The van der Waals surface area contributed by atoms with Gasteiger partial charge in [0.25, 0.3) is 5.70 Å². The van der Waals surface area contributed by atoms with Crippen molar-refractivity contribution in [2.45, 2.75) is 64.2 Å². The Kier molecular flexibility index (Phi) is 15.1. The molecule has 0 spiro atoms. The van der Waals surface area contributed by atoms with E-state index in [-0.39, 0.29) is 23.1 Å². The maximum Gasteiger partial charge on any atom is 0.266 e. The van der Waals surface area contributed by atoms with E-state index < -0.39 is 0 Å². The van der Waals surface area contributed by atoms with E-state index in [9.17, 15) is 26.3 Å². The highest BCUT2D eigenvalue weighted by Gasteiger charge is 2.30. The minimum atomic E-state index is -0.0484. The minimum absolute atomic E-state index is 0.0000661. The first-order valence-electron chi connectivity index (χ1n) is 13.5. The van der Waals surface area contributed by atoms with E-state index in [0.29, 0.717) is 54.5 Å². The molecule has 2 rings (SSSR count). The summed E-state index contributed by atoms with van der Waals surface area (Å²) in [4.78, 5) is 3.35. The topological polar surface area (TPSA) is 135 Å². The molecule has 7 nitrogen and oxygen atoms in total. The first kappa shape index (κ1) is 34.8. The van der Waals surface area contributed by atoms with E-state index in [1.54, 1.807) is 0 Å². The molecule has 2 aliphatic carbocycles. The molecule has 0 saturated heterocycles. The second-order valence-corrected chi connectivity index (χ2v) is 13.0. The van der Waals surface area contributed by atoms with Crippen molar-refractivity contribution in [1.82, 2.24) is 5.32 Å². The summed E-state index contributed by atoms with van der Waals surface area (Å²) in [6, 6.07) is 10.3. The third-order valence-electron chi connectivity index (χ3n) is 7.42. The van der Waals surface area contributed by atoms with E-state index in [0.717, 1.165) is 58.2 Å². The van der Waals surface area contributed by atoms with Gasteiger partial charge in [-0.2, -0.15) is 21.0 Å². The fourth-order valence-electron chi connectivity index (χ4n) is 5.32. The first-order valence-corrected chi connectivity index (χ1v) is 16.8. The molecule has 2 atom stereocenters. The lowest BCUT2D eigenvalue weighted by Gasteiger charge is -2.28. The maximum absolute atomic E-state index is 9.86. The number of hydrogen-bond acceptors (Lipinski definition) is 10. The van der Waals surface area contributed by atoms with Crippen LogP contribution in [0, 0.1) is 75.1 Å². The molecule has 2 aliphatic rings. The van der Waals surface area contributed by atoms with Gasteiger partial charge < -0.3 is 5.32 Å². The Morgan fingerprint density at radius 3 is 1.93 bits per heavy atom. The molecule has 11 heteroatoms. The van der Waals surface area contributed by atoms with Gasteiger partial charge in [0.15, 0.2) is 0 Å². The standard InChI is InChI=1S/C31H31N7S4/c1-37-29(19-36)25-13-22(31(40)42-3)14-28(27(25)18-35)38-10-8-6-4-5-7-9-20-11-21(30(39)41-2)12-24(26(20)17-34)23(15-32)16-33/h21-22,38H,4-14H2,2-3H3/b29-25+. The molecule has 1 N–H and O–H groups in total. The highest BCUT2D eigenvalue weighted by atomic mass is 32.2. The average molecular weight is 630 g/mol. The van der Waals surface area contributed by atoms with Gasteiger partial charge in [0.2, 0.25) is 0 Å². The molecule has 0 aromatic heterocycles. The molecule has 0 heterocycles. The van der Waals surface area contributed by atoms with Gasteiger partial charge in [0, 0.05) is 24.1 Å². The zero-order valence-corrected chi connectivity index (χ0v) is 27.0. The van der Waals surface area contributed by atoms with Crippen molar-refractivity contribution >= 4 is 56.4 Å². The van der Waals surface area contributed by atoms with Crippen LogP contribution in [0.4, 0.5) is 0 Å². The third kappa shape index (κ3) is 9.04. The Labute approximate surface area is 268 Å². The predicted octanol–water partition coefficient (Wildman–Crippen LogP) is 7.76. The van der Waals surface area contributed by atoms with Crippen molar-refractivity contribution in [1.29, 1.82) is 26.3 Å². The molecule has 0 radical (unpaired) electrons. The van der Waals surface area contributed by atoms with Gasteiger partial charge in [-0.25, -0.2) is 10.1 Å². The average Bonchev–Trinajstić information content (AvgIpc) is 3.02. The lowest BCUT2D eigenvalue weighted by atomic mass is 9.78. The van der Waals surface area contributed by atoms with E-state index in [2.05, 4.69) is 22.3 Å². The number of hydrogen-bond donors (Lipinski definition) is 1. The van der Waals surface area contributed by atoms with Gasteiger partial charge in [-0.3, -0.25) is 0 Å². The van der Waals surface area contributed by atoms with Crippen LogP contribution in [0.15, 0.2) is 44.8 Å². The molecule has 0 fully saturated rings. The summed E-state index contributed by atoms with van der Waals surface area (Å²) in [5.41, 5.74) is 3.57. The lowest BCUT2D eigenvalue weighted by molar-refractivity contribution is 0.561.